The van der Waals surface area contributed by atoms with Gasteiger partial charge in [0.1, 0.15) is 12.2 Å². The number of hydrogen-bond donors (Lipinski definition) is 0. The van der Waals surface area contributed by atoms with Gasteiger partial charge in [-0.2, -0.15) is 0 Å². The van der Waals surface area contributed by atoms with Crippen molar-refractivity contribution in [3.05, 3.63) is 0 Å². The van der Waals surface area contributed by atoms with Gasteiger partial charge in [0.2, 0.25) is 0 Å². The molecule has 1 aliphatic rings. The van der Waals surface area contributed by atoms with Crippen molar-refractivity contribution in [1.29, 1.82) is 0 Å². The summed E-state index contributed by atoms with van der Waals surface area (Å²) in [7, 11) is -1.89. The van der Waals surface area contributed by atoms with Crippen LogP contribution in [-0.4, -0.2) is 12.2 Å². The van der Waals surface area contributed by atoms with Gasteiger partial charge < -0.3 is 0 Å². The SMILES string of the molecule is CC1(C)CO[P+](=O)OC1(C)C. The second-order valence-corrected chi connectivity index (χ2v) is 4.87. The quantitative estimate of drug-likeness (QED) is 0.533. The minimum atomic E-state index is -1.89. The predicted octanol–water partition coefficient (Wildman–Crippen LogP) is 2.50. The summed E-state index contributed by atoms with van der Waals surface area (Å²) in [5, 5.41) is 0. The standard InChI is InChI=1S/C7H14O3P/c1-6(2)5-9-11(8)10-7(6,3)4/h5H2,1-4H3/q+1. The van der Waals surface area contributed by atoms with Crippen molar-refractivity contribution in [2.45, 2.75) is 33.3 Å². The van der Waals surface area contributed by atoms with Crippen LogP contribution in [0, 0.1) is 5.41 Å². The van der Waals surface area contributed by atoms with E-state index >= 15 is 0 Å². The minimum absolute atomic E-state index is 0.0732. The van der Waals surface area contributed by atoms with Gasteiger partial charge in [-0.15, -0.1) is 9.05 Å². The largest absolute Gasteiger partial charge is 0.697 e. The van der Waals surface area contributed by atoms with Gasteiger partial charge in [0, 0.05) is 9.98 Å². The molecule has 1 atom stereocenters. The first-order valence-electron chi connectivity index (χ1n) is 3.64. The third-order valence-corrected chi connectivity index (χ3v) is 3.41. The zero-order valence-corrected chi connectivity index (χ0v) is 8.27. The van der Waals surface area contributed by atoms with Gasteiger partial charge in [-0.25, -0.2) is 0 Å². The average molecular weight is 177 g/mol. The molecular weight excluding hydrogens is 163 g/mol. The Labute approximate surface area is 68.0 Å². The van der Waals surface area contributed by atoms with Crippen LogP contribution < -0.4 is 0 Å². The van der Waals surface area contributed by atoms with Gasteiger partial charge >= 0.3 is 8.25 Å². The predicted molar refractivity (Wildman–Crippen MR) is 42.5 cm³/mol. The summed E-state index contributed by atoms with van der Waals surface area (Å²) in [6, 6.07) is 0. The highest BCUT2D eigenvalue weighted by Crippen LogP contribution is 2.47. The van der Waals surface area contributed by atoms with Crippen LogP contribution in [0.15, 0.2) is 0 Å². The normalized spacial score (nSPS) is 31.8. The van der Waals surface area contributed by atoms with E-state index in [-0.39, 0.29) is 11.0 Å². The minimum Gasteiger partial charge on any atom is -0.118 e. The Kier molecular flexibility index (Phi) is 2.08. The Bertz CT molecular complexity index is 186. The average Bonchev–Trinajstić information content (AvgIpc) is 1.80. The molecule has 64 valence electrons. The molecule has 0 bridgehead atoms. The van der Waals surface area contributed by atoms with Crippen molar-refractivity contribution in [2.24, 2.45) is 5.41 Å². The van der Waals surface area contributed by atoms with E-state index in [1.165, 1.54) is 0 Å². The molecule has 1 saturated heterocycles. The molecule has 1 aliphatic heterocycles. The zero-order valence-electron chi connectivity index (χ0n) is 7.38. The van der Waals surface area contributed by atoms with Crippen LogP contribution >= 0.6 is 8.25 Å². The van der Waals surface area contributed by atoms with E-state index in [0.717, 1.165) is 0 Å². The molecule has 0 radical (unpaired) electrons. The van der Waals surface area contributed by atoms with Crippen LogP contribution in [0.1, 0.15) is 27.7 Å². The first-order valence-corrected chi connectivity index (χ1v) is 4.74. The van der Waals surface area contributed by atoms with Crippen molar-refractivity contribution in [2.75, 3.05) is 6.61 Å². The van der Waals surface area contributed by atoms with E-state index in [9.17, 15) is 4.57 Å². The van der Waals surface area contributed by atoms with Gasteiger partial charge in [0.05, 0.1) is 0 Å². The van der Waals surface area contributed by atoms with Crippen LogP contribution in [0.2, 0.25) is 0 Å². The summed E-state index contributed by atoms with van der Waals surface area (Å²) in [5.41, 5.74) is -0.436. The van der Waals surface area contributed by atoms with Crippen LogP contribution in [-0.2, 0) is 13.6 Å². The topological polar surface area (TPSA) is 35.5 Å². The highest BCUT2D eigenvalue weighted by molar-refractivity contribution is 7.33. The van der Waals surface area contributed by atoms with Crippen molar-refractivity contribution in [3.63, 3.8) is 0 Å². The van der Waals surface area contributed by atoms with Crippen molar-refractivity contribution in [1.82, 2.24) is 0 Å². The maximum absolute atomic E-state index is 10.9. The van der Waals surface area contributed by atoms with Gasteiger partial charge in [-0.05, 0) is 13.8 Å². The second kappa shape index (κ2) is 2.51. The van der Waals surface area contributed by atoms with Crippen LogP contribution in [0.4, 0.5) is 0 Å². The Morgan fingerprint density at radius 3 is 2.18 bits per heavy atom. The van der Waals surface area contributed by atoms with E-state index in [0.29, 0.717) is 6.61 Å². The Morgan fingerprint density at radius 1 is 1.27 bits per heavy atom. The van der Waals surface area contributed by atoms with Gasteiger partial charge in [-0.1, -0.05) is 13.8 Å². The van der Waals surface area contributed by atoms with Crippen molar-refractivity contribution < 1.29 is 13.6 Å². The first kappa shape index (κ1) is 9.11. The fraction of sp³-hybridized carbons (Fsp3) is 1.00. The van der Waals surface area contributed by atoms with Crippen LogP contribution in [0.25, 0.3) is 0 Å². The highest BCUT2D eigenvalue weighted by atomic mass is 31.1. The maximum atomic E-state index is 10.9. The lowest BCUT2D eigenvalue weighted by Gasteiger charge is -2.37. The molecule has 1 fully saturated rings. The molecule has 1 unspecified atom stereocenters. The number of hydrogen-bond acceptors (Lipinski definition) is 3. The monoisotopic (exact) mass is 177 g/mol. The molecule has 0 amide bonds. The summed E-state index contributed by atoms with van der Waals surface area (Å²) in [4.78, 5) is 0. The smallest absolute Gasteiger partial charge is 0.118 e. The molecule has 1 heterocycles. The lowest BCUT2D eigenvalue weighted by molar-refractivity contribution is -0.0765. The zero-order chi connectivity index (χ0) is 8.70. The van der Waals surface area contributed by atoms with Crippen LogP contribution in [0.3, 0.4) is 0 Å². The molecule has 3 nitrogen and oxygen atoms in total. The lowest BCUT2D eigenvalue weighted by atomic mass is 9.78. The molecule has 1 rings (SSSR count). The van der Waals surface area contributed by atoms with E-state index < -0.39 is 8.25 Å². The summed E-state index contributed by atoms with van der Waals surface area (Å²) in [5.74, 6) is 0. The highest BCUT2D eigenvalue weighted by Gasteiger charge is 2.52. The Hall–Kier alpha value is 0.0200. The first-order chi connectivity index (χ1) is 4.85. The summed E-state index contributed by atoms with van der Waals surface area (Å²) < 4.78 is 21.0. The third kappa shape index (κ3) is 1.61. The van der Waals surface area contributed by atoms with E-state index in [2.05, 4.69) is 0 Å². The molecule has 0 aromatic heterocycles. The van der Waals surface area contributed by atoms with Gasteiger partial charge in [0.25, 0.3) is 0 Å². The molecule has 0 aromatic rings. The van der Waals surface area contributed by atoms with Gasteiger partial charge in [0.15, 0.2) is 0 Å². The molecular formula is C7H14O3P+. The Morgan fingerprint density at radius 2 is 1.82 bits per heavy atom. The Balaban J connectivity index is 2.80. The second-order valence-electron chi connectivity index (χ2n) is 3.98. The van der Waals surface area contributed by atoms with E-state index in [4.69, 9.17) is 9.05 Å². The van der Waals surface area contributed by atoms with Crippen molar-refractivity contribution in [3.8, 4) is 0 Å². The molecule has 0 spiro atoms. The van der Waals surface area contributed by atoms with Crippen molar-refractivity contribution >= 4 is 8.25 Å². The van der Waals surface area contributed by atoms with Crippen LogP contribution in [0.5, 0.6) is 0 Å². The molecule has 11 heavy (non-hydrogen) atoms. The molecule has 0 aliphatic carbocycles. The van der Waals surface area contributed by atoms with E-state index in [1.807, 2.05) is 27.7 Å². The number of rotatable bonds is 0. The summed E-state index contributed by atoms with van der Waals surface area (Å²) in [6.07, 6.45) is 0. The maximum Gasteiger partial charge on any atom is 0.697 e. The fourth-order valence-electron chi connectivity index (χ4n) is 0.724. The molecule has 0 saturated carbocycles. The van der Waals surface area contributed by atoms with E-state index in [1.54, 1.807) is 0 Å². The molecule has 0 aromatic carbocycles. The molecule has 0 N–H and O–H groups in total. The summed E-state index contributed by atoms with van der Waals surface area (Å²) >= 11 is 0. The lowest BCUT2D eigenvalue weighted by Crippen LogP contribution is -2.45. The fourth-order valence-corrected chi connectivity index (χ4v) is 1.82. The summed E-state index contributed by atoms with van der Waals surface area (Å²) in [6.45, 7) is 8.44. The third-order valence-electron chi connectivity index (χ3n) is 2.46. The molecule has 4 heteroatoms. The van der Waals surface area contributed by atoms with Gasteiger partial charge in [-0.3, -0.25) is 0 Å².